The van der Waals surface area contributed by atoms with Crippen molar-refractivity contribution in [2.45, 2.75) is 12.1 Å². The first-order valence-corrected chi connectivity index (χ1v) is 9.94. The van der Waals surface area contributed by atoms with Crippen LogP contribution in [0, 0.1) is 0 Å². The van der Waals surface area contributed by atoms with Gasteiger partial charge in [0.15, 0.2) is 6.10 Å². The Bertz CT molecular complexity index is 1020. The van der Waals surface area contributed by atoms with Crippen molar-refractivity contribution in [3.8, 4) is 5.75 Å². The highest BCUT2D eigenvalue weighted by atomic mass is 32.1. The van der Waals surface area contributed by atoms with Crippen LogP contribution in [0.1, 0.15) is 21.3 Å². The van der Waals surface area contributed by atoms with Crippen molar-refractivity contribution < 1.29 is 28.6 Å². The molecule has 4 heterocycles. The Morgan fingerprint density at radius 2 is 2.10 bits per heavy atom. The molecule has 0 aliphatic carbocycles. The average Bonchev–Trinajstić information content (AvgIpc) is 3.33. The number of rotatable bonds is 3. The summed E-state index contributed by atoms with van der Waals surface area (Å²) in [5, 5.41) is 1.75. The van der Waals surface area contributed by atoms with Crippen molar-refractivity contribution >= 4 is 40.6 Å². The van der Waals surface area contributed by atoms with Gasteiger partial charge in [-0.25, -0.2) is 4.79 Å². The summed E-state index contributed by atoms with van der Waals surface area (Å²) in [5.74, 6) is -0.181. The number of ether oxygens (including phenoxy) is 3. The van der Waals surface area contributed by atoms with Crippen molar-refractivity contribution in [3.05, 3.63) is 40.1 Å². The number of amides is 3. The zero-order valence-electron chi connectivity index (χ0n) is 15.2. The molecule has 150 valence electrons. The van der Waals surface area contributed by atoms with E-state index in [4.69, 9.17) is 19.9 Å². The SMILES string of the molecule is NC(=O)c1sccc1[C@@H]1OC(=O)N2c3ccc(N4CCOCC4=O)cc3OC[C@@H]12. The van der Waals surface area contributed by atoms with Crippen LogP contribution in [0.3, 0.4) is 0 Å². The first-order chi connectivity index (χ1) is 14.0. The van der Waals surface area contributed by atoms with Gasteiger partial charge in [0.25, 0.3) is 11.8 Å². The van der Waals surface area contributed by atoms with E-state index >= 15 is 0 Å². The maximum atomic E-state index is 12.7. The summed E-state index contributed by atoms with van der Waals surface area (Å²) in [5.41, 5.74) is 7.29. The largest absolute Gasteiger partial charge is 0.489 e. The molecular weight excluding hydrogens is 398 g/mol. The van der Waals surface area contributed by atoms with Crippen LogP contribution >= 0.6 is 11.3 Å². The number of cyclic esters (lactones) is 1. The lowest BCUT2D eigenvalue weighted by Gasteiger charge is -2.33. The molecule has 1 aromatic heterocycles. The number of anilines is 2. The molecule has 2 aromatic rings. The molecule has 3 amide bonds. The van der Waals surface area contributed by atoms with Crippen molar-refractivity contribution in [1.29, 1.82) is 0 Å². The lowest BCUT2D eigenvalue weighted by molar-refractivity contribution is -0.125. The minimum absolute atomic E-state index is 0.0446. The van der Waals surface area contributed by atoms with Crippen molar-refractivity contribution in [2.75, 3.05) is 36.2 Å². The van der Waals surface area contributed by atoms with Crippen LogP contribution in [0.5, 0.6) is 5.75 Å². The Morgan fingerprint density at radius 1 is 1.24 bits per heavy atom. The second-order valence-corrected chi connectivity index (χ2v) is 7.79. The minimum Gasteiger partial charge on any atom is -0.489 e. The summed E-state index contributed by atoms with van der Waals surface area (Å²) >= 11 is 1.22. The zero-order valence-corrected chi connectivity index (χ0v) is 16.0. The number of thiophene rings is 1. The van der Waals surface area contributed by atoms with Gasteiger partial charge in [0.05, 0.1) is 17.2 Å². The van der Waals surface area contributed by atoms with Crippen LogP contribution in [-0.4, -0.2) is 50.3 Å². The number of primary amides is 1. The number of carbonyl (C=O) groups is 3. The van der Waals surface area contributed by atoms with Gasteiger partial charge in [-0.05, 0) is 23.6 Å². The fourth-order valence-electron chi connectivity index (χ4n) is 3.92. The van der Waals surface area contributed by atoms with E-state index in [-0.39, 0.29) is 19.1 Å². The second kappa shape index (κ2) is 6.75. The number of hydrogen-bond acceptors (Lipinski definition) is 7. The topological polar surface area (TPSA) is 111 Å². The van der Waals surface area contributed by atoms with Crippen LogP contribution in [0.2, 0.25) is 0 Å². The molecule has 2 N–H and O–H groups in total. The van der Waals surface area contributed by atoms with Crippen LogP contribution in [0.25, 0.3) is 0 Å². The van der Waals surface area contributed by atoms with E-state index in [9.17, 15) is 14.4 Å². The van der Waals surface area contributed by atoms with Gasteiger partial charge >= 0.3 is 6.09 Å². The molecule has 0 saturated carbocycles. The molecule has 29 heavy (non-hydrogen) atoms. The molecule has 1 aromatic carbocycles. The predicted octanol–water partition coefficient (Wildman–Crippen LogP) is 1.67. The minimum atomic E-state index is -0.648. The molecule has 0 radical (unpaired) electrons. The number of morpholine rings is 1. The highest BCUT2D eigenvalue weighted by Crippen LogP contribution is 2.45. The third-order valence-electron chi connectivity index (χ3n) is 5.24. The molecule has 2 saturated heterocycles. The Morgan fingerprint density at radius 3 is 2.90 bits per heavy atom. The van der Waals surface area contributed by atoms with Crippen LogP contribution in [0.15, 0.2) is 29.6 Å². The first-order valence-electron chi connectivity index (χ1n) is 9.06. The average molecular weight is 415 g/mol. The molecule has 3 aliphatic heterocycles. The lowest BCUT2D eigenvalue weighted by Crippen LogP contribution is -2.43. The maximum Gasteiger partial charge on any atom is 0.415 e. The molecule has 10 heteroatoms. The van der Waals surface area contributed by atoms with Crippen LogP contribution < -0.4 is 20.3 Å². The molecule has 9 nitrogen and oxygen atoms in total. The third-order valence-corrected chi connectivity index (χ3v) is 6.19. The van der Waals surface area contributed by atoms with Gasteiger partial charge in [0.1, 0.15) is 25.0 Å². The number of hydrogen-bond donors (Lipinski definition) is 1. The van der Waals surface area contributed by atoms with Gasteiger partial charge < -0.3 is 24.8 Å². The summed E-state index contributed by atoms with van der Waals surface area (Å²) in [7, 11) is 0. The quantitative estimate of drug-likeness (QED) is 0.816. The van der Waals surface area contributed by atoms with Gasteiger partial charge in [0, 0.05) is 23.9 Å². The van der Waals surface area contributed by atoms with Crippen molar-refractivity contribution in [1.82, 2.24) is 0 Å². The monoisotopic (exact) mass is 415 g/mol. The summed E-state index contributed by atoms with van der Waals surface area (Å²) in [6.07, 6.45) is -1.16. The van der Waals surface area contributed by atoms with Crippen molar-refractivity contribution in [2.24, 2.45) is 5.73 Å². The summed E-state index contributed by atoms with van der Waals surface area (Å²) < 4.78 is 16.7. The molecule has 3 aliphatic rings. The zero-order chi connectivity index (χ0) is 20.1. The van der Waals surface area contributed by atoms with E-state index < -0.39 is 24.1 Å². The van der Waals surface area contributed by atoms with Crippen molar-refractivity contribution in [3.63, 3.8) is 0 Å². The maximum absolute atomic E-state index is 12.7. The van der Waals surface area contributed by atoms with Gasteiger partial charge in [-0.3, -0.25) is 14.5 Å². The highest BCUT2D eigenvalue weighted by molar-refractivity contribution is 7.12. The van der Waals surface area contributed by atoms with E-state index in [1.165, 1.54) is 16.2 Å². The fourth-order valence-corrected chi connectivity index (χ4v) is 4.71. The Balaban J connectivity index is 1.47. The molecule has 2 atom stereocenters. The van der Waals surface area contributed by atoms with Gasteiger partial charge in [-0.1, -0.05) is 0 Å². The molecule has 0 unspecified atom stereocenters. The van der Waals surface area contributed by atoms with Crippen LogP contribution in [0.4, 0.5) is 16.2 Å². The van der Waals surface area contributed by atoms with Gasteiger partial charge in [0.2, 0.25) is 0 Å². The smallest absolute Gasteiger partial charge is 0.415 e. The Labute approximate surface area is 169 Å². The number of nitrogens with two attached hydrogens (primary N) is 1. The first kappa shape index (κ1) is 18.0. The van der Waals surface area contributed by atoms with E-state index in [2.05, 4.69) is 0 Å². The third kappa shape index (κ3) is 2.83. The van der Waals surface area contributed by atoms with E-state index in [0.717, 1.165) is 0 Å². The second-order valence-electron chi connectivity index (χ2n) is 6.87. The van der Waals surface area contributed by atoms with E-state index in [1.807, 2.05) is 0 Å². The number of carbonyl (C=O) groups excluding carboxylic acids is 3. The van der Waals surface area contributed by atoms with E-state index in [1.54, 1.807) is 34.5 Å². The predicted molar refractivity (Wildman–Crippen MR) is 103 cm³/mol. The molecule has 2 fully saturated rings. The summed E-state index contributed by atoms with van der Waals surface area (Å²) in [6, 6.07) is 6.59. The number of fused-ring (bicyclic) bond motifs is 3. The normalized spacial score (nSPS) is 23.3. The Hall–Kier alpha value is -3.11. The fraction of sp³-hybridized carbons (Fsp3) is 0.316. The van der Waals surface area contributed by atoms with E-state index in [0.29, 0.717) is 40.7 Å². The standard InChI is InChI=1S/C19H17N3O6S/c20-18(24)17-11(3-6-29-17)16-13-8-27-14-7-10(21-4-5-26-9-15(21)23)1-2-12(14)22(13)19(25)28-16/h1-3,6-7,13,16H,4-5,8-9H2,(H2,20,24)/t13-,16-/m0/s1. The number of benzene rings is 1. The molecule has 5 rings (SSSR count). The molecule has 0 spiro atoms. The Kier molecular flexibility index (Phi) is 4.18. The number of nitrogens with zero attached hydrogens (tertiary/aromatic N) is 2. The summed E-state index contributed by atoms with van der Waals surface area (Å²) in [4.78, 5) is 40.0. The summed E-state index contributed by atoms with van der Waals surface area (Å²) in [6.45, 7) is 1.16. The van der Waals surface area contributed by atoms with Crippen LogP contribution in [-0.2, 0) is 14.3 Å². The highest BCUT2D eigenvalue weighted by Gasteiger charge is 2.48. The molecule has 0 bridgehead atoms. The van der Waals surface area contributed by atoms with Gasteiger partial charge in [-0.15, -0.1) is 11.3 Å². The molecular formula is C19H17N3O6S. The lowest BCUT2D eigenvalue weighted by atomic mass is 10.0. The van der Waals surface area contributed by atoms with Gasteiger partial charge in [-0.2, -0.15) is 0 Å².